The van der Waals surface area contributed by atoms with Gasteiger partial charge in [0.15, 0.2) is 0 Å². The Kier molecular flexibility index (Phi) is 4.63. The minimum Gasteiger partial charge on any atom is -0.297 e. The Hall–Kier alpha value is -1.88. The monoisotopic (exact) mass is 320 g/mol. The second-order valence-corrected chi connectivity index (χ2v) is 7.57. The molecule has 0 radical (unpaired) electrons. The fraction of sp³-hybridized carbons (Fsp3) is 0.545. The van der Waals surface area contributed by atoms with Gasteiger partial charge in [-0.05, 0) is 49.3 Å². The fourth-order valence-electron chi connectivity index (χ4n) is 4.69. The third kappa shape index (κ3) is 2.71. The highest BCUT2D eigenvalue weighted by Crippen LogP contribution is 2.56. The van der Waals surface area contributed by atoms with Crippen molar-refractivity contribution in [2.24, 2.45) is 39.6 Å². The van der Waals surface area contributed by atoms with Crippen molar-refractivity contribution in [2.45, 2.75) is 39.7 Å². The summed E-state index contributed by atoms with van der Waals surface area (Å²) in [5.41, 5.74) is 4.82. The molecule has 0 N–H and O–H groups in total. The van der Waals surface area contributed by atoms with Gasteiger partial charge in [-0.15, -0.1) is 6.42 Å². The second-order valence-electron chi connectivity index (χ2n) is 7.57. The Labute approximate surface area is 146 Å². The van der Waals surface area contributed by atoms with Crippen LogP contribution in [0.3, 0.4) is 0 Å². The van der Waals surface area contributed by atoms with Crippen molar-refractivity contribution in [3.63, 3.8) is 0 Å². The zero-order chi connectivity index (χ0) is 17.4. The van der Waals surface area contributed by atoms with Crippen LogP contribution in [0.2, 0.25) is 0 Å². The molecule has 0 aromatic heterocycles. The smallest absolute Gasteiger partial charge is 0.103 e. The Balaban J connectivity index is 1.82. The standard InChI is InChI=1S/C22H28N2/c1-7-17-15(4)14(3)11-16(22(17)24-6)12-19(23-5)21-18-10-8-9-13(2)20(18)21/h1,8,10-11,13-14,18,20-22H,6,9,12H2,2-5H3. The molecule has 126 valence electrons. The van der Waals surface area contributed by atoms with Crippen LogP contribution in [0.4, 0.5) is 0 Å². The molecule has 0 aromatic carbocycles. The first-order chi connectivity index (χ1) is 11.5. The number of hydrogen-bond acceptors (Lipinski definition) is 2. The van der Waals surface area contributed by atoms with E-state index < -0.39 is 0 Å². The van der Waals surface area contributed by atoms with E-state index >= 15 is 0 Å². The van der Waals surface area contributed by atoms with E-state index in [4.69, 9.17) is 6.42 Å². The predicted octanol–water partition coefficient (Wildman–Crippen LogP) is 4.50. The summed E-state index contributed by atoms with van der Waals surface area (Å²) in [7, 11) is 1.93. The molecular weight excluding hydrogens is 292 g/mol. The molecule has 6 atom stereocenters. The van der Waals surface area contributed by atoms with Crippen LogP contribution in [0.5, 0.6) is 0 Å². The van der Waals surface area contributed by atoms with Gasteiger partial charge < -0.3 is 0 Å². The predicted molar refractivity (Wildman–Crippen MR) is 103 cm³/mol. The lowest BCUT2D eigenvalue weighted by Crippen LogP contribution is -2.22. The van der Waals surface area contributed by atoms with E-state index in [1.165, 1.54) is 23.3 Å². The molecule has 0 aromatic rings. The van der Waals surface area contributed by atoms with Crippen LogP contribution in [-0.2, 0) is 0 Å². The van der Waals surface area contributed by atoms with Gasteiger partial charge >= 0.3 is 0 Å². The first-order valence-corrected chi connectivity index (χ1v) is 8.99. The highest BCUT2D eigenvalue weighted by Gasteiger charge is 2.54. The molecule has 0 saturated heterocycles. The Morgan fingerprint density at radius 1 is 1.42 bits per heavy atom. The quantitative estimate of drug-likeness (QED) is 0.414. The van der Waals surface area contributed by atoms with Gasteiger partial charge in [0.1, 0.15) is 6.04 Å². The molecule has 3 aliphatic rings. The van der Waals surface area contributed by atoms with Crippen LogP contribution < -0.4 is 0 Å². The number of nitrogens with zero attached hydrogens (tertiary/aromatic N) is 2. The summed E-state index contributed by atoms with van der Waals surface area (Å²) < 4.78 is 0. The van der Waals surface area contributed by atoms with Gasteiger partial charge in [0, 0.05) is 30.7 Å². The van der Waals surface area contributed by atoms with Crippen molar-refractivity contribution in [1.82, 2.24) is 0 Å². The molecule has 3 rings (SSSR count). The molecule has 0 aliphatic heterocycles. The molecule has 0 bridgehead atoms. The minimum absolute atomic E-state index is 0.0725. The van der Waals surface area contributed by atoms with E-state index in [1.807, 2.05) is 7.05 Å². The largest absolute Gasteiger partial charge is 0.297 e. The SMILES string of the molecule is C#CC1=C(C)C(C)C=C(CC(=NC)C2C3C=CCC(C)C32)C1N=C. The summed E-state index contributed by atoms with van der Waals surface area (Å²) in [5, 5.41) is 0. The van der Waals surface area contributed by atoms with E-state index in [0.29, 0.717) is 17.8 Å². The molecule has 0 heterocycles. The first-order valence-electron chi connectivity index (χ1n) is 8.99. The normalized spacial score (nSPS) is 38.3. The number of rotatable bonds is 4. The Morgan fingerprint density at radius 3 is 2.75 bits per heavy atom. The molecule has 2 heteroatoms. The van der Waals surface area contributed by atoms with Gasteiger partial charge in [-0.2, -0.15) is 0 Å². The van der Waals surface area contributed by atoms with Crippen molar-refractivity contribution in [3.05, 3.63) is 34.9 Å². The van der Waals surface area contributed by atoms with Crippen molar-refractivity contribution >= 4 is 12.4 Å². The highest BCUT2D eigenvalue weighted by molar-refractivity contribution is 5.92. The molecule has 1 saturated carbocycles. The topological polar surface area (TPSA) is 24.7 Å². The molecule has 24 heavy (non-hydrogen) atoms. The lowest BCUT2D eigenvalue weighted by molar-refractivity contribution is 0.477. The maximum absolute atomic E-state index is 5.77. The van der Waals surface area contributed by atoms with E-state index in [2.05, 4.69) is 61.6 Å². The first kappa shape index (κ1) is 17.0. The third-order valence-corrected chi connectivity index (χ3v) is 6.25. The lowest BCUT2D eigenvalue weighted by Gasteiger charge is -2.27. The molecule has 6 unspecified atom stereocenters. The van der Waals surface area contributed by atoms with Crippen molar-refractivity contribution in [3.8, 4) is 12.3 Å². The average Bonchev–Trinajstić information content (AvgIpc) is 3.31. The van der Waals surface area contributed by atoms with Gasteiger partial charge in [-0.3, -0.25) is 9.98 Å². The third-order valence-electron chi connectivity index (χ3n) is 6.25. The number of terminal acetylenes is 1. The van der Waals surface area contributed by atoms with Gasteiger partial charge in [0.25, 0.3) is 0 Å². The minimum atomic E-state index is -0.0725. The summed E-state index contributed by atoms with van der Waals surface area (Å²) in [5.74, 6) is 6.05. The van der Waals surface area contributed by atoms with Crippen LogP contribution in [0.15, 0.2) is 44.9 Å². The zero-order valence-electron chi connectivity index (χ0n) is 15.3. The van der Waals surface area contributed by atoms with E-state index in [0.717, 1.165) is 23.8 Å². The van der Waals surface area contributed by atoms with Crippen LogP contribution >= 0.6 is 0 Å². The molecule has 0 spiro atoms. The van der Waals surface area contributed by atoms with Gasteiger partial charge in [-0.1, -0.05) is 43.6 Å². The second kappa shape index (κ2) is 6.55. The summed E-state index contributed by atoms with van der Waals surface area (Å²) in [6.45, 7) is 10.5. The summed E-state index contributed by atoms with van der Waals surface area (Å²) in [6.07, 6.45) is 14.9. The molecule has 1 fully saturated rings. The van der Waals surface area contributed by atoms with Crippen molar-refractivity contribution in [2.75, 3.05) is 7.05 Å². The van der Waals surface area contributed by atoms with E-state index in [1.54, 1.807) is 0 Å². The molecule has 0 amide bonds. The van der Waals surface area contributed by atoms with Crippen LogP contribution in [0, 0.1) is 41.9 Å². The summed E-state index contributed by atoms with van der Waals surface area (Å²) in [4.78, 5) is 9.03. The van der Waals surface area contributed by atoms with Crippen LogP contribution in [0.25, 0.3) is 0 Å². The fourth-order valence-corrected chi connectivity index (χ4v) is 4.69. The van der Waals surface area contributed by atoms with Crippen molar-refractivity contribution in [1.29, 1.82) is 0 Å². The number of fused-ring (bicyclic) bond motifs is 1. The molecule has 2 nitrogen and oxygen atoms in total. The van der Waals surface area contributed by atoms with E-state index in [9.17, 15) is 0 Å². The van der Waals surface area contributed by atoms with Gasteiger partial charge in [0.2, 0.25) is 0 Å². The van der Waals surface area contributed by atoms with E-state index in [-0.39, 0.29) is 6.04 Å². The average molecular weight is 320 g/mol. The number of hydrogen-bond donors (Lipinski definition) is 0. The molecular formula is C22H28N2. The summed E-state index contributed by atoms with van der Waals surface area (Å²) >= 11 is 0. The summed E-state index contributed by atoms with van der Waals surface area (Å²) in [6, 6.07) is -0.0725. The maximum atomic E-state index is 5.77. The van der Waals surface area contributed by atoms with Crippen molar-refractivity contribution < 1.29 is 0 Å². The van der Waals surface area contributed by atoms with Gasteiger partial charge in [-0.25, -0.2) is 0 Å². The Morgan fingerprint density at radius 2 is 2.17 bits per heavy atom. The maximum Gasteiger partial charge on any atom is 0.103 e. The van der Waals surface area contributed by atoms with Gasteiger partial charge in [0.05, 0.1) is 0 Å². The van der Waals surface area contributed by atoms with Crippen LogP contribution in [0.1, 0.15) is 33.6 Å². The molecule has 3 aliphatic carbocycles. The van der Waals surface area contributed by atoms with Crippen LogP contribution in [-0.4, -0.2) is 25.5 Å². The lowest BCUT2D eigenvalue weighted by atomic mass is 9.80. The zero-order valence-corrected chi connectivity index (χ0v) is 15.3. The Bertz CT molecular complexity index is 698. The number of aliphatic imine (C=N–C) groups is 2. The highest BCUT2D eigenvalue weighted by atomic mass is 14.8. The number of allylic oxidation sites excluding steroid dienone is 4.